The number of carboxylic acids is 1. The number of halogens is 1. The Kier molecular flexibility index (Phi) is 6.76. The van der Waals surface area contributed by atoms with Gasteiger partial charge >= 0.3 is 5.97 Å². The topological polar surface area (TPSA) is 93.5 Å². The highest BCUT2D eigenvalue weighted by Crippen LogP contribution is 2.20. The maximum atomic E-state index is 12.3. The van der Waals surface area contributed by atoms with Gasteiger partial charge in [0.1, 0.15) is 6.04 Å². The summed E-state index contributed by atoms with van der Waals surface area (Å²) in [6.07, 6.45) is 0.265. The molecule has 0 bridgehead atoms. The molecule has 2 N–H and O–H groups in total. The molecule has 2 rings (SSSR count). The summed E-state index contributed by atoms with van der Waals surface area (Å²) >= 11 is 5.91. The summed E-state index contributed by atoms with van der Waals surface area (Å²) in [6.45, 7) is 3.95. The Labute approximate surface area is 156 Å². The predicted octanol–water partition coefficient (Wildman–Crippen LogP) is 2.29. The summed E-state index contributed by atoms with van der Waals surface area (Å²) in [5.74, 6) is -1.45. The minimum Gasteiger partial charge on any atom is -0.480 e. The van der Waals surface area contributed by atoms with E-state index in [0.717, 1.165) is 22.6 Å². The van der Waals surface area contributed by atoms with Gasteiger partial charge < -0.3 is 15.2 Å². The van der Waals surface area contributed by atoms with Crippen molar-refractivity contribution in [3.63, 3.8) is 0 Å². The Hall–Kier alpha value is -2.38. The number of methoxy groups -OCH3 is 1. The zero-order chi connectivity index (χ0) is 19.3. The molecule has 1 amide bonds. The van der Waals surface area contributed by atoms with Crippen LogP contribution in [0.25, 0.3) is 5.69 Å². The summed E-state index contributed by atoms with van der Waals surface area (Å²) in [7, 11) is 1.48. The fourth-order valence-corrected chi connectivity index (χ4v) is 2.79. The first kappa shape index (κ1) is 19.9. The molecule has 7 nitrogen and oxygen atoms in total. The van der Waals surface area contributed by atoms with Crippen molar-refractivity contribution in [3.8, 4) is 5.69 Å². The number of carboxylic acid groups (broad SMARTS) is 1. The number of carbonyl (C=O) groups is 2. The van der Waals surface area contributed by atoms with Crippen LogP contribution >= 0.6 is 11.6 Å². The standard InChI is InChI=1S/C18H22ClN3O4/c1-11-15(10-17(23)20-16(18(24)25)8-9-26-3)12(2)22(21-11)14-6-4-13(19)5-7-14/h4-7,16H,8-10H2,1-3H3,(H,20,23)(H,24,25). The summed E-state index contributed by atoms with van der Waals surface area (Å²) in [5.41, 5.74) is 3.15. The second-order valence-electron chi connectivity index (χ2n) is 5.95. The first-order valence-corrected chi connectivity index (χ1v) is 8.53. The van der Waals surface area contributed by atoms with E-state index in [1.165, 1.54) is 7.11 Å². The molecule has 8 heteroatoms. The first-order valence-electron chi connectivity index (χ1n) is 8.15. The number of benzene rings is 1. The Balaban J connectivity index is 2.15. The number of nitrogens with zero attached hydrogens (tertiary/aromatic N) is 2. The van der Waals surface area contributed by atoms with Crippen molar-refractivity contribution >= 4 is 23.5 Å². The van der Waals surface area contributed by atoms with E-state index in [1.807, 2.05) is 26.0 Å². The largest absolute Gasteiger partial charge is 0.480 e. The first-order chi connectivity index (χ1) is 12.3. The molecule has 0 saturated heterocycles. The Bertz CT molecular complexity index is 786. The Morgan fingerprint density at radius 1 is 1.31 bits per heavy atom. The van der Waals surface area contributed by atoms with E-state index in [0.29, 0.717) is 5.02 Å². The Morgan fingerprint density at radius 3 is 2.54 bits per heavy atom. The zero-order valence-corrected chi connectivity index (χ0v) is 15.7. The van der Waals surface area contributed by atoms with Crippen LogP contribution in [0.5, 0.6) is 0 Å². The van der Waals surface area contributed by atoms with Gasteiger partial charge in [-0.2, -0.15) is 5.10 Å². The number of amides is 1. The number of carbonyl (C=O) groups excluding carboxylic acids is 1. The molecule has 0 aliphatic rings. The van der Waals surface area contributed by atoms with Crippen LogP contribution in [-0.2, 0) is 20.7 Å². The molecule has 140 valence electrons. The average molecular weight is 380 g/mol. The molecule has 0 spiro atoms. The minimum absolute atomic E-state index is 0.0576. The Morgan fingerprint density at radius 2 is 1.96 bits per heavy atom. The quantitative estimate of drug-likeness (QED) is 0.734. The number of aryl methyl sites for hydroxylation is 1. The number of aromatic nitrogens is 2. The molecular formula is C18H22ClN3O4. The van der Waals surface area contributed by atoms with Gasteiger partial charge in [0.25, 0.3) is 0 Å². The smallest absolute Gasteiger partial charge is 0.326 e. The van der Waals surface area contributed by atoms with Crippen molar-refractivity contribution in [2.24, 2.45) is 0 Å². The lowest BCUT2D eigenvalue weighted by molar-refractivity contribution is -0.142. The average Bonchev–Trinajstić information content (AvgIpc) is 2.87. The number of ether oxygens (including phenoxy) is 1. The third kappa shape index (κ3) is 4.83. The van der Waals surface area contributed by atoms with Gasteiger partial charge in [-0.3, -0.25) is 4.79 Å². The maximum absolute atomic E-state index is 12.3. The highest BCUT2D eigenvalue weighted by Gasteiger charge is 2.22. The summed E-state index contributed by atoms with van der Waals surface area (Å²) in [4.78, 5) is 23.6. The molecule has 1 heterocycles. The lowest BCUT2D eigenvalue weighted by atomic mass is 10.1. The summed E-state index contributed by atoms with van der Waals surface area (Å²) in [6, 6.07) is 6.25. The van der Waals surface area contributed by atoms with Gasteiger partial charge in [0.15, 0.2) is 0 Å². The third-order valence-electron chi connectivity index (χ3n) is 4.09. The van der Waals surface area contributed by atoms with Gasteiger partial charge in [0.05, 0.1) is 17.8 Å². The number of aliphatic carboxylic acids is 1. The summed E-state index contributed by atoms with van der Waals surface area (Å²) < 4.78 is 6.63. The lowest BCUT2D eigenvalue weighted by Gasteiger charge is -2.14. The van der Waals surface area contributed by atoms with Crippen molar-refractivity contribution in [2.45, 2.75) is 32.7 Å². The van der Waals surface area contributed by atoms with E-state index in [1.54, 1.807) is 16.8 Å². The molecular weight excluding hydrogens is 358 g/mol. The van der Waals surface area contributed by atoms with Crippen LogP contribution in [0.3, 0.4) is 0 Å². The number of rotatable bonds is 8. The highest BCUT2D eigenvalue weighted by atomic mass is 35.5. The second kappa shape index (κ2) is 8.82. The van der Waals surface area contributed by atoms with Gasteiger partial charge in [0, 0.05) is 36.4 Å². The maximum Gasteiger partial charge on any atom is 0.326 e. The highest BCUT2D eigenvalue weighted by molar-refractivity contribution is 6.30. The van der Waals surface area contributed by atoms with Crippen LogP contribution in [0, 0.1) is 13.8 Å². The van der Waals surface area contributed by atoms with E-state index < -0.39 is 12.0 Å². The van der Waals surface area contributed by atoms with E-state index in [2.05, 4.69) is 10.4 Å². The molecule has 1 aromatic heterocycles. The molecule has 0 aliphatic carbocycles. The number of nitrogens with one attached hydrogen (secondary N) is 1. The van der Waals surface area contributed by atoms with Crippen LogP contribution in [0.1, 0.15) is 23.4 Å². The van der Waals surface area contributed by atoms with Crippen LogP contribution in [0.4, 0.5) is 0 Å². The predicted molar refractivity (Wildman–Crippen MR) is 97.8 cm³/mol. The molecule has 26 heavy (non-hydrogen) atoms. The van der Waals surface area contributed by atoms with Crippen LogP contribution < -0.4 is 5.32 Å². The van der Waals surface area contributed by atoms with Gasteiger partial charge in [-0.1, -0.05) is 11.6 Å². The number of hydrogen-bond donors (Lipinski definition) is 2. The molecule has 0 radical (unpaired) electrons. The fourth-order valence-electron chi connectivity index (χ4n) is 2.66. The molecule has 2 aromatic rings. The van der Waals surface area contributed by atoms with Crippen LogP contribution in [0.2, 0.25) is 5.02 Å². The SMILES string of the molecule is COCCC(NC(=O)Cc1c(C)nn(-c2ccc(Cl)cc2)c1C)C(=O)O. The van der Waals surface area contributed by atoms with E-state index >= 15 is 0 Å². The third-order valence-corrected chi connectivity index (χ3v) is 4.35. The monoisotopic (exact) mass is 379 g/mol. The molecule has 0 fully saturated rings. The van der Waals surface area contributed by atoms with Gasteiger partial charge in [-0.15, -0.1) is 0 Å². The van der Waals surface area contributed by atoms with Gasteiger partial charge in [-0.25, -0.2) is 9.48 Å². The molecule has 0 saturated carbocycles. The molecule has 0 aliphatic heterocycles. The lowest BCUT2D eigenvalue weighted by Crippen LogP contribution is -2.42. The van der Waals surface area contributed by atoms with Crippen molar-refractivity contribution in [3.05, 3.63) is 46.2 Å². The molecule has 1 unspecified atom stereocenters. The zero-order valence-electron chi connectivity index (χ0n) is 15.0. The number of hydrogen-bond acceptors (Lipinski definition) is 4. The summed E-state index contributed by atoms with van der Waals surface area (Å²) in [5, 5.41) is 16.9. The molecule has 1 atom stereocenters. The van der Waals surface area contributed by atoms with E-state index in [4.69, 9.17) is 16.3 Å². The van der Waals surface area contributed by atoms with Crippen molar-refractivity contribution in [2.75, 3.05) is 13.7 Å². The van der Waals surface area contributed by atoms with Crippen molar-refractivity contribution < 1.29 is 19.4 Å². The van der Waals surface area contributed by atoms with E-state index in [-0.39, 0.29) is 25.4 Å². The van der Waals surface area contributed by atoms with E-state index in [9.17, 15) is 14.7 Å². The van der Waals surface area contributed by atoms with Crippen molar-refractivity contribution in [1.82, 2.24) is 15.1 Å². The molecule has 1 aromatic carbocycles. The second-order valence-corrected chi connectivity index (χ2v) is 6.39. The van der Waals surface area contributed by atoms with Gasteiger partial charge in [-0.05, 0) is 38.1 Å². The van der Waals surface area contributed by atoms with Gasteiger partial charge in [0.2, 0.25) is 5.91 Å². The fraction of sp³-hybridized carbons (Fsp3) is 0.389. The normalized spacial score (nSPS) is 12.0. The van der Waals surface area contributed by atoms with Crippen molar-refractivity contribution in [1.29, 1.82) is 0 Å². The van der Waals surface area contributed by atoms with Crippen LogP contribution in [-0.4, -0.2) is 46.5 Å². The minimum atomic E-state index is -1.08. The van der Waals surface area contributed by atoms with Crippen LogP contribution in [0.15, 0.2) is 24.3 Å².